The lowest BCUT2D eigenvalue weighted by atomic mass is 9.94. The Kier molecular flexibility index (Phi) is 3.88. The molecule has 0 aromatic heterocycles. The molecule has 2 atom stereocenters. The molecule has 0 radical (unpaired) electrons. The van der Waals surface area contributed by atoms with E-state index in [-0.39, 0.29) is 17.4 Å². The van der Waals surface area contributed by atoms with Gasteiger partial charge in [0.1, 0.15) is 0 Å². The lowest BCUT2D eigenvalue weighted by Gasteiger charge is -2.29. The number of nitrogens with one attached hydrogen (secondary N) is 1. The minimum atomic E-state index is -4.52. The van der Waals surface area contributed by atoms with Crippen LogP contribution in [0.15, 0.2) is 18.2 Å². The number of carbonyl (C=O) groups excluding carboxylic acids is 1. The van der Waals surface area contributed by atoms with E-state index in [9.17, 15) is 18.0 Å². The minimum Gasteiger partial charge on any atom is -0.398 e. The molecule has 1 fully saturated rings. The number of nitrogens with two attached hydrogens (primary N) is 1. The number of nitrogen functional groups attached to an aromatic ring is 1. The van der Waals surface area contributed by atoms with Crippen molar-refractivity contribution in [2.75, 3.05) is 12.3 Å². The fraction of sp³-hybridized carbons (Fsp3) is 0.500. The third kappa shape index (κ3) is 3.12. The minimum absolute atomic E-state index is 0.00988. The molecule has 1 aromatic carbocycles. The number of hydrogen-bond donors (Lipinski definition) is 2. The Morgan fingerprint density at radius 3 is 2.67 bits per heavy atom. The number of halogens is 3. The van der Waals surface area contributed by atoms with Crippen LogP contribution in [0.1, 0.15) is 36.2 Å². The number of anilines is 1. The van der Waals surface area contributed by atoms with Gasteiger partial charge in [0.2, 0.25) is 0 Å². The first-order valence-corrected chi connectivity index (χ1v) is 6.54. The molecule has 0 bridgehead atoms. The number of hydrogen-bond acceptors (Lipinski definition) is 3. The van der Waals surface area contributed by atoms with Crippen LogP contribution in [0.4, 0.5) is 18.9 Å². The Balaban J connectivity index is 2.27. The van der Waals surface area contributed by atoms with Crippen LogP contribution < -0.4 is 11.1 Å². The van der Waals surface area contributed by atoms with Gasteiger partial charge in [-0.15, -0.1) is 0 Å². The van der Waals surface area contributed by atoms with E-state index in [1.807, 2.05) is 6.92 Å². The van der Waals surface area contributed by atoms with Crippen LogP contribution in [0.25, 0.3) is 0 Å². The van der Waals surface area contributed by atoms with Crippen molar-refractivity contribution in [3.05, 3.63) is 29.3 Å². The highest BCUT2D eigenvalue weighted by Gasteiger charge is 2.39. The number of rotatable bonds is 2. The van der Waals surface area contributed by atoms with E-state index in [0.29, 0.717) is 13.0 Å². The largest absolute Gasteiger partial charge is 0.416 e. The zero-order valence-electron chi connectivity index (χ0n) is 11.8. The first kappa shape index (κ1) is 15.6. The Hall–Kier alpha value is -1.76. The van der Waals surface area contributed by atoms with Crippen molar-refractivity contribution >= 4 is 11.6 Å². The predicted molar refractivity (Wildman–Crippen MR) is 71.8 cm³/mol. The molecule has 1 aliphatic rings. The van der Waals surface area contributed by atoms with Gasteiger partial charge in [0.15, 0.2) is 0 Å². The molecule has 0 aliphatic carbocycles. The molecular formula is C14H17F3N2O2. The molecule has 0 saturated carbocycles. The fourth-order valence-corrected chi connectivity index (χ4v) is 2.25. The maximum absolute atomic E-state index is 12.7. The normalized spacial score (nSPS) is 25.9. The van der Waals surface area contributed by atoms with Gasteiger partial charge in [0.25, 0.3) is 5.91 Å². The highest BCUT2D eigenvalue weighted by Crippen LogP contribution is 2.32. The lowest BCUT2D eigenvalue weighted by Crippen LogP contribution is -2.50. The van der Waals surface area contributed by atoms with Crippen molar-refractivity contribution in [2.45, 2.75) is 38.1 Å². The number of amides is 1. The second kappa shape index (κ2) is 5.22. The number of carbonyl (C=O) groups is 1. The molecule has 116 valence electrons. The van der Waals surface area contributed by atoms with Gasteiger partial charge in [-0.3, -0.25) is 4.79 Å². The fourth-order valence-electron chi connectivity index (χ4n) is 2.25. The zero-order chi connectivity index (χ0) is 15.8. The van der Waals surface area contributed by atoms with Crippen LogP contribution in [0.3, 0.4) is 0 Å². The van der Waals surface area contributed by atoms with Crippen molar-refractivity contribution in [1.29, 1.82) is 0 Å². The summed E-state index contributed by atoms with van der Waals surface area (Å²) in [5.41, 5.74) is 3.95. The zero-order valence-corrected chi connectivity index (χ0v) is 11.8. The van der Waals surface area contributed by atoms with Gasteiger partial charge in [-0.05, 0) is 38.5 Å². The van der Waals surface area contributed by atoms with Crippen molar-refractivity contribution in [3.63, 3.8) is 0 Å². The van der Waals surface area contributed by atoms with E-state index in [1.165, 1.54) is 0 Å². The molecule has 2 unspecified atom stereocenters. The first-order chi connectivity index (χ1) is 9.63. The summed E-state index contributed by atoms with van der Waals surface area (Å²) in [5.74, 6) is -0.626. The highest BCUT2D eigenvalue weighted by molar-refractivity contribution is 5.99. The van der Waals surface area contributed by atoms with Crippen LogP contribution in [0.2, 0.25) is 0 Å². The molecule has 1 amide bonds. The molecule has 1 aromatic rings. The third-order valence-corrected chi connectivity index (χ3v) is 3.91. The van der Waals surface area contributed by atoms with E-state index in [1.54, 1.807) is 6.92 Å². The maximum atomic E-state index is 12.7. The molecule has 21 heavy (non-hydrogen) atoms. The Morgan fingerprint density at radius 2 is 2.14 bits per heavy atom. The number of alkyl halides is 3. The average molecular weight is 302 g/mol. The summed E-state index contributed by atoms with van der Waals surface area (Å²) in [6.07, 6.45) is -4.14. The molecule has 3 N–H and O–H groups in total. The molecule has 2 rings (SSSR count). The summed E-state index contributed by atoms with van der Waals surface area (Å²) in [6, 6.07) is 2.72. The van der Waals surface area contributed by atoms with Crippen LogP contribution in [-0.4, -0.2) is 24.2 Å². The van der Waals surface area contributed by atoms with E-state index >= 15 is 0 Å². The van der Waals surface area contributed by atoms with Crippen LogP contribution in [0.5, 0.6) is 0 Å². The van der Waals surface area contributed by atoms with Gasteiger partial charge in [-0.1, -0.05) is 0 Å². The Labute approximate surface area is 120 Å². The van der Waals surface area contributed by atoms with Gasteiger partial charge in [0, 0.05) is 12.3 Å². The molecule has 1 aliphatic heterocycles. The van der Waals surface area contributed by atoms with Crippen LogP contribution in [-0.2, 0) is 10.9 Å². The third-order valence-electron chi connectivity index (χ3n) is 3.91. The lowest BCUT2D eigenvalue weighted by molar-refractivity contribution is -0.137. The second-order valence-electron chi connectivity index (χ2n) is 5.43. The van der Waals surface area contributed by atoms with Gasteiger partial charge < -0.3 is 15.8 Å². The number of ether oxygens (including phenoxy) is 1. The first-order valence-electron chi connectivity index (χ1n) is 6.54. The molecule has 1 heterocycles. The topological polar surface area (TPSA) is 64.3 Å². The van der Waals surface area contributed by atoms with Crippen LogP contribution in [0, 0.1) is 0 Å². The monoisotopic (exact) mass is 302 g/mol. The van der Waals surface area contributed by atoms with E-state index in [0.717, 1.165) is 18.2 Å². The average Bonchev–Trinajstić information content (AvgIpc) is 2.68. The molecule has 1 saturated heterocycles. The van der Waals surface area contributed by atoms with Gasteiger partial charge >= 0.3 is 6.18 Å². The van der Waals surface area contributed by atoms with E-state index in [4.69, 9.17) is 10.5 Å². The quantitative estimate of drug-likeness (QED) is 0.825. The van der Waals surface area contributed by atoms with Gasteiger partial charge in [-0.25, -0.2) is 0 Å². The maximum Gasteiger partial charge on any atom is 0.416 e. The highest BCUT2D eigenvalue weighted by atomic mass is 19.4. The predicted octanol–water partition coefficient (Wildman–Crippen LogP) is 2.58. The van der Waals surface area contributed by atoms with E-state index in [2.05, 4.69) is 5.32 Å². The molecular weight excluding hydrogens is 285 g/mol. The van der Waals surface area contributed by atoms with Gasteiger partial charge in [-0.2, -0.15) is 13.2 Å². The Bertz CT molecular complexity index is 560. The van der Waals surface area contributed by atoms with Crippen molar-refractivity contribution in [3.8, 4) is 0 Å². The summed E-state index contributed by atoms with van der Waals surface area (Å²) >= 11 is 0. The summed E-state index contributed by atoms with van der Waals surface area (Å²) < 4.78 is 43.5. The molecule has 0 spiro atoms. The van der Waals surface area contributed by atoms with Crippen molar-refractivity contribution in [1.82, 2.24) is 5.32 Å². The Morgan fingerprint density at radius 1 is 1.48 bits per heavy atom. The van der Waals surface area contributed by atoms with Gasteiger partial charge in [0.05, 0.1) is 22.8 Å². The van der Waals surface area contributed by atoms with E-state index < -0.39 is 23.2 Å². The standard InChI is InChI=1S/C14H17F3N2O2/c1-8-13(2,5-6-21-8)19-12(20)10-7-9(14(15,16)17)3-4-11(10)18/h3-4,7-8H,5-6,18H2,1-2H3,(H,19,20). The molecule has 7 heteroatoms. The second-order valence-corrected chi connectivity index (χ2v) is 5.43. The summed E-state index contributed by atoms with van der Waals surface area (Å²) in [4.78, 5) is 12.2. The smallest absolute Gasteiger partial charge is 0.398 e. The SMILES string of the molecule is CC1OCCC1(C)NC(=O)c1cc(C(F)(F)F)ccc1N. The van der Waals surface area contributed by atoms with Crippen molar-refractivity contribution in [2.24, 2.45) is 0 Å². The molecule has 4 nitrogen and oxygen atoms in total. The summed E-state index contributed by atoms with van der Waals surface area (Å²) in [7, 11) is 0. The summed E-state index contributed by atoms with van der Waals surface area (Å²) in [6.45, 7) is 4.10. The number of benzene rings is 1. The van der Waals surface area contributed by atoms with Crippen molar-refractivity contribution < 1.29 is 22.7 Å². The van der Waals surface area contributed by atoms with Crippen LogP contribution >= 0.6 is 0 Å². The summed E-state index contributed by atoms with van der Waals surface area (Å²) in [5, 5.41) is 2.73.